The molecule has 0 spiro atoms. The van der Waals surface area contributed by atoms with Crippen LogP contribution in [0, 0.1) is 11.8 Å². The molecule has 0 aromatic heterocycles. The van der Waals surface area contributed by atoms with E-state index in [9.17, 15) is 25.5 Å². The van der Waals surface area contributed by atoms with Crippen LogP contribution >= 0.6 is 0 Å². The van der Waals surface area contributed by atoms with Crippen LogP contribution in [0.2, 0.25) is 0 Å². The van der Waals surface area contributed by atoms with Crippen molar-refractivity contribution in [3.05, 3.63) is 0 Å². The summed E-state index contributed by atoms with van der Waals surface area (Å²) in [5.74, 6) is -0.456. The summed E-state index contributed by atoms with van der Waals surface area (Å²) in [5.41, 5.74) is 0. The van der Waals surface area contributed by atoms with Crippen molar-refractivity contribution >= 4 is 0 Å². The summed E-state index contributed by atoms with van der Waals surface area (Å²) in [7, 11) is 1.98. The van der Waals surface area contributed by atoms with Crippen molar-refractivity contribution in [2.75, 3.05) is 106 Å². The molecule has 0 aromatic rings. The van der Waals surface area contributed by atoms with Gasteiger partial charge in [0.05, 0.1) is 92.0 Å². The first-order valence-corrected chi connectivity index (χ1v) is 15.1. The molecule has 1 heterocycles. The number of aliphatic hydroxyl groups excluding tert-OH is 6. The lowest BCUT2D eigenvalue weighted by Crippen LogP contribution is -2.55. The number of hydrogen-bond donors (Lipinski definition) is 6. The Morgan fingerprint density at radius 3 is 1.79 bits per heavy atom. The van der Waals surface area contributed by atoms with E-state index < -0.39 is 68.8 Å². The Balaban J connectivity index is 1.95. The number of hydrogen-bond acceptors (Lipinski definition) is 15. The predicted molar refractivity (Wildman–Crippen MR) is 153 cm³/mol. The Morgan fingerprint density at radius 2 is 1.28 bits per heavy atom. The number of rotatable bonds is 27. The van der Waals surface area contributed by atoms with Crippen LogP contribution in [0.3, 0.4) is 0 Å². The van der Waals surface area contributed by atoms with E-state index in [1.54, 1.807) is 6.92 Å². The summed E-state index contributed by atoms with van der Waals surface area (Å²) in [4.78, 5) is 2.10. The van der Waals surface area contributed by atoms with Crippen molar-refractivity contribution < 1.29 is 68.5 Å². The zero-order chi connectivity index (χ0) is 32.0. The van der Waals surface area contributed by atoms with Gasteiger partial charge in [-0.15, -0.1) is 0 Å². The highest BCUT2D eigenvalue weighted by atomic mass is 16.7. The Morgan fingerprint density at radius 1 is 0.744 bits per heavy atom. The van der Waals surface area contributed by atoms with Gasteiger partial charge in [0.25, 0.3) is 0 Å². The highest BCUT2D eigenvalue weighted by Crippen LogP contribution is 2.26. The van der Waals surface area contributed by atoms with Gasteiger partial charge in [-0.3, -0.25) is 0 Å². The van der Waals surface area contributed by atoms with Crippen LogP contribution in [0.4, 0.5) is 0 Å². The lowest BCUT2D eigenvalue weighted by atomic mass is 9.92. The van der Waals surface area contributed by atoms with Gasteiger partial charge in [-0.1, -0.05) is 20.8 Å². The molecule has 1 aliphatic heterocycles. The molecule has 1 rings (SSSR count). The van der Waals surface area contributed by atoms with Crippen LogP contribution < -0.4 is 0 Å². The minimum Gasteiger partial charge on any atom is -0.394 e. The largest absolute Gasteiger partial charge is 0.394 e. The molecule has 0 bridgehead atoms. The summed E-state index contributed by atoms with van der Waals surface area (Å²) < 4.78 is 44.5. The molecule has 3 unspecified atom stereocenters. The molecule has 1 saturated heterocycles. The summed E-state index contributed by atoms with van der Waals surface area (Å²) in [6.45, 7) is 9.62. The predicted octanol–water partition coefficient (Wildman–Crippen LogP) is -2.19. The summed E-state index contributed by atoms with van der Waals surface area (Å²) in [5, 5.41) is 57.3. The molecule has 43 heavy (non-hydrogen) atoms. The monoisotopic (exact) mass is 631 g/mol. The molecular weight excluding hydrogens is 574 g/mol. The average molecular weight is 632 g/mol. The number of ether oxygens (including phenoxy) is 8. The van der Waals surface area contributed by atoms with Crippen LogP contribution in [0.5, 0.6) is 0 Å². The van der Waals surface area contributed by atoms with Gasteiger partial charge in [0.2, 0.25) is 0 Å². The SMILES string of the molecule is CC(C)[C@H](OCCOCCOCCN(C)CCOCCOCCO[C@@H]1OC(CO)[C@H](O)C(O)[C@@H]1C)OC(CO)[C@H](O)CO. The second-order valence-electron chi connectivity index (χ2n) is 10.8. The molecule has 258 valence electrons. The summed E-state index contributed by atoms with van der Waals surface area (Å²) in [6.07, 6.45) is -6.54. The van der Waals surface area contributed by atoms with E-state index in [0.717, 1.165) is 13.1 Å². The van der Waals surface area contributed by atoms with Crippen LogP contribution in [0.1, 0.15) is 20.8 Å². The normalized spacial score (nSPS) is 25.0. The Labute approximate surface area is 255 Å². The maximum absolute atomic E-state index is 10.0. The zero-order valence-corrected chi connectivity index (χ0v) is 26.2. The van der Waals surface area contributed by atoms with Crippen molar-refractivity contribution in [2.45, 2.75) is 63.9 Å². The van der Waals surface area contributed by atoms with Crippen molar-refractivity contribution in [2.24, 2.45) is 11.8 Å². The van der Waals surface area contributed by atoms with E-state index in [1.165, 1.54) is 0 Å². The molecule has 0 aromatic carbocycles. The second kappa shape index (κ2) is 24.6. The topological polar surface area (TPSA) is 198 Å². The maximum atomic E-state index is 10.0. The fraction of sp³-hybridized carbons (Fsp3) is 1.00. The molecule has 1 aliphatic rings. The Hall–Kier alpha value is -0.600. The van der Waals surface area contributed by atoms with E-state index in [1.807, 2.05) is 20.9 Å². The lowest BCUT2D eigenvalue weighted by molar-refractivity contribution is -0.284. The summed E-state index contributed by atoms with van der Waals surface area (Å²) >= 11 is 0. The smallest absolute Gasteiger partial charge is 0.163 e. The van der Waals surface area contributed by atoms with Crippen LogP contribution in [-0.2, 0) is 37.9 Å². The van der Waals surface area contributed by atoms with Crippen LogP contribution in [-0.4, -0.2) is 185 Å². The van der Waals surface area contributed by atoms with Gasteiger partial charge in [-0.25, -0.2) is 0 Å². The number of nitrogens with zero attached hydrogens (tertiary/aromatic N) is 1. The molecule has 15 nitrogen and oxygen atoms in total. The quantitative estimate of drug-likeness (QED) is 0.0422. The number of aliphatic hydroxyl groups is 6. The maximum Gasteiger partial charge on any atom is 0.163 e. The van der Waals surface area contributed by atoms with E-state index >= 15 is 0 Å². The fourth-order valence-electron chi connectivity index (χ4n) is 3.99. The molecular formula is C28H57NO14. The first kappa shape index (κ1) is 40.4. The van der Waals surface area contributed by atoms with Crippen molar-refractivity contribution in [1.29, 1.82) is 0 Å². The van der Waals surface area contributed by atoms with Gasteiger partial charge in [0, 0.05) is 24.9 Å². The van der Waals surface area contributed by atoms with E-state index in [2.05, 4.69) is 4.90 Å². The third-order valence-corrected chi connectivity index (χ3v) is 6.84. The van der Waals surface area contributed by atoms with Crippen molar-refractivity contribution in [3.63, 3.8) is 0 Å². The molecule has 6 N–H and O–H groups in total. The van der Waals surface area contributed by atoms with Gasteiger partial charge in [0.15, 0.2) is 12.6 Å². The Kier molecular flexibility index (Phi) is 23.1. The first-order valence-electron chi connectivity index (χ1n) is 15.1. The van der Waals surface area contributed by atoms with Crippen LogP contribution in [0.25, 0.3) is 0 Å². The van der Waals surface area contributed by atoms with Gasteiger partial charge >= 0.3 is 0 Å². The fourth-order valence-corrected chi connectivity index (χ4v) is 3.99. The van der Waals surface area contributed by atoms with Crippen molar-refractivity contribution in [1.82, 2.24) is 4.90 Å². The zero-order valence-electron chi connectivity index (χ0n) is 26.2. The molecule has 0 saturated carbocycles. The van der Waals surface area contributed by atoms with Crippen LogP contribution in [0.15, 0.2) is 0 Å². The summed E-state index contributed by atoms with van der Waals surface area (Å²) in [6, 6.07) is 0. The van der Waals surface area contributed by atoms with E-state index in [-0.39, 0.29) is 19.1 Å². The van der Waals surface area contributed by atoms with E-state index in [4.69, 9.17) is 43.0 Å². The standard InChI is InChI=1S/C28H57NO14/c1-20(2)27(42-23(18-31)22(33)17-30)40-15-13-38-11-9-36-7-5-29(4)6-8-37-10-12-39-14-16-41-28-21(3)25(34)26(35)24(19-32)43-28/h20-28,30-35H,5-19H2,1-4H3/t21-,22+,23?,24?,25?,26-,27+,28+/m0/s1. The molecule has 0 aliphatic carbocycles. The highest BCUT2D eigenvalue weighted by molar-refractivity contribution is 4.86. The second-order valence-corrected chi connectivity index (χ2v) is 10.8. The van der Waals surface area contributed by atoms with Gasteiger partial charge < -0.3 is 73.4 Å². The average Bonchev–Trinajstić information content (AvgIpc) is 3.00. The number of likely N-dealkylation sites (N-methyl/N-ethyl adjacent to an activating group) is 1. The lowest BCUT2D eigenvalue weighted by Gasteiger charge is -2.40. The van der Waals surface area contributed by atoms with Gasteiger partial charge in [-0.2, -0.15) is 0 Å². The molecule has 0 radical (unpaired) electrons. The molecule has 0 amide bonds. The van der Waals surface area contributed by atoms with Gasteiger partial charge in [-0.05, 0) is 7.05 Å². The van der Waals surface area contributed by atoms with E-state index in [0.29, 0.717) is 52.9 Å². The minimum absolute atomic E-state index is 0.0209. The highest BCUT2D eigenvalue weighted by Gasteiger charge is 2.42. The first-order chi connectivity index (χ1) is 20.7. The molecule has 1 fully saturated rings. The van der Waals surface area contributed by atoms with Crippen molar-refractivity contribution in [3.8, 4) is 0 Å². The molecule has 8 atom stereocenters. The Bertz CT molecular complexity index is 649. The third kappa shape index (κ3) is 17.0. The minimum atomic E-state index is -1.18. The molecule has 15 heteroatoms. The third-order valence-electron chi connectivity index (χ3n) is 6.84. The van der Waals surface area contributed by atoms with Gasteiger partial charge in [0.1, 0.15) is 24.4 Å².